The molecule has 1 amide bonds. The number of hydrogen-bond donors (Lipinski definition) is 1. The average molecular weight is 256 g/mol. The molecule has 5 heteroatoms. The van der Waals surface area contributed by atoms with Crippen LogP contribution >= 0.6 is 11.6 Å². The lowest BCUT2D eigenvalue weighted by Gasteiger charge is -2.18. The van der Waals surface area contributed by atoms with Gasteiger partial charge >= 0.3 is 0 Å². The van der Waals surface area contributed by atoms with Crippen LogP contribution in [-0.2, 0) is 7.05 Å². The Hall–Kier alpha value is -1.03. The van der Waals surface area contributed by atoms with E-state index < -0.39 is 0 Å². The van der Waals surface area contributed by atoms with Gasteiger partial charge in [-0.05, 0) is 25.7 Å². The molecule has 1 aliphatic rings. The first-order valence-electron chi connectivity index (χ1n) is 5.99. The maximum atomic E-state index is 12.1. The van der Waals surface area contributed by atoms with Gasteiger partial charge in [-0.15, -0.1) is 11.6 Å². The highest BCUT2D eigenvalue weighted by Crippen LogP contribution is 2.26. The first-order valence-corrected chi connectivity index (χ1v) is 6.52. The maximum Gasteiger partial charge on any atom is 0.254 e. The molecule has 17 heavy (non-hydrogen) atoms. The van der Waals surface area contributed by atoms with Crippen LogP contribution in [-0.4, -0.2) is 27.6 Å². The summed E-state index contributed by atoms with van der Waals surface area (Å²) in [4.78, 5) is 12.1. The Kier molecular flexibility index (Phi) is 3.72. The van der Waals surface area contributed by atoms with Crippen molar-refractivity contribution in [3.63, 3.8) is 0 Å². The van der Waals surface area contributed by atoms with E-state index >= 15 is 0 Å². The predicted octanol–water partition coefficient (Wildman–Crippen LogP) is 1.87. The summed E-state index contributed by atoms with van der Waals surface area (Å²) in [5.74, 6) is 1.01. The molecule has 0 spiro atoms. The zero-order valence-electron chi connectivity index (χ0n) is 10.2. The zero-order valence-corrected chi connectivity index (χ0v) is 11.0. The molecule has 1 aromatic rings. The highest BCUT2D eigenvalue weighted by Gasteiger charge is 2.28. The van der Waals surface area contributed by atoms with Gasteiger partial charge in [0.1, 0.15) is 0 Å². The summed E-state index contributed by atoms with van der Waals surface area (Å²) in [5.41, 5.74) is 1.43. The van der Waals surface area contributed by atoms with Crippen molar-refractivity contribution in [1.82, 2.24) is 15.1 Å². The van der Waals surface area contributed by atoms with Crippen molar-refractivity contribution in [2.75, 3.05) is 5.88 Å². The largest absolute Gasteiger partial charge is 0.349 e. The van der Waals surface area contributed by atoms with Crippen LogP contribution in [0.3, 0.4) is 0 Å². The maximum absolute atomic E-state index is 12.1. The van der Waals surface area contributed by atoms with Gasteiger partial charge in [-0.2, -0.15) is 5.10 Å². The third kappa shape index (κ3) is 2.63. The van der Waals surface area contributed by atoms with Gasteiger partial charge in [0, 0.05) is 25.2 Å². The normalized spacial score (nSPS) is 23.9. The van der Waals surface area contributed by atoms with E-state index in [0.29, 0.717) is 17.4 Å². The van der Waals surface area contributed by atoms with Gasteiger partial charge in [0.25, 0.3) is 5.91 Å². The van der Waals surface area contributed by atoms with Crippen molar-refractivity contribution in [2.45, 2.75) is 32.2 Å². The van der Waals surface area contributed by atoms with E-state index in [2.05, 4.69) is 10.4 Å². The summed E-state index contributed by atoms with van der Waals surface area (Å²) in [6.45, 7) is 1.85. The smallest absolute Gasteiger partial charge is 0.254 e. The molecule has 0 aromatic carbocycles. The molecule has 0 saturated heterocycles. The number of nitrogens with zero attached hydrogens (tertiary/aromatic N) is 2. The lowest BCUT2D eigenvalue weighted by atomic mass is 10.1. The topological polar surface area (TPSA) is 46.9 Å². The quantitative estimate of drug-likeness (QED) is 0.839. The molecule has 2 atom stereocenters. The first kappa shape index (κ1) is 12.4. The average Bonchev–Trinajstić information content (AvgIpc) is 2.84. The highest BCUT2D eigenvalue weighted by molar-refractivity contribution is 6.18. The SMILES string of the molecule is Cc1nn(C)cc1C(=O)NC1CCCC1CCl. The molecule has 1 saturated carbocycles. The summed E-state index contributed by atoms with van der Waals surface area (Å²) in [7, 11) is 1.82. The molecule has 1 heterocycles. The van der Waals surface area contributed by atoms with Crippen molar-refractivity contribution >= 4 is 17.5 Å². The number of aryl methyl sites for hydroxylation is 2. The van der Waals surface area contributed by atoms with E-state index in [0.717, 1.165) is 25.0 Å². The van der Waals surface area contributed by atoms with E-state index in [-0.39, 0.29) is 11.9 Å². The molecule has 1 fully saturated rings. The Balaban J connectivity index is 2.04. The van der Waals surface area contributed by atoms with Gasteiger partial charge in [-0.25, -0.2) is 0 Å². The van der Waals surface area contributed by atoms with Crippen molar-refractivity contribution in [3.8, 4) is 0 Å². The van der Waals surface area contributed by atoms with Crippen molar-refractivity contribution in [3.05, 3.63) is 17.5 Å². The second kappa shape index (κ2) is 5.08. The van der Waals surface area contributed by atoms with Gasteiger partial charge in [0.05, 0.1) is 11.3 Å². The molecule has 1 aromatic heterocycles. The van der Waals surface area contributed by atoms with E-state index in [1.165, 1.54) is 0 Å². The number of rotatable bonds is 3. The lowest BCUT2D eigenvalue weighted by molar-refractivity contribution is 0.0929. The third-order valence-corrected chi connectivity index (χ3v) is 3.83. The monoisotopic (exact) mass is 255 g/mol. The Labute approximate surface area is 106 Å². The summed E-state index contributed by atoms with van der Waals surface area (Å²) in [5, 5.41) is 7.25. The van der Waals surface area contributed by atoms with Crippen molar-refractivity contribution < 1.29 is 4.79 Å². The molecule has 0 aliphatic heterocycles. The van der Waals surface area contributed by atoms with Crippen LogP contribution in [0, 0.1) is 12.8 Å². The molecule has 2 rings (SSSR count). The number of aromatic nitrogens is 2. The number of carbonyl (C=O) groups excluding carboxylic acids is 1. The Bertz CT molecular complexity index is 416. The van der Waals surface area contributed by atoms with Gasteiger partial charge in [-0.1, -0.05) is 6.42 Å². The Morgan fingerprint density at radius 3 is 3.00 bits per heavy atom. The van der Waals surface area contributed by atoms with Crippen LogP contribution in [0.5, 0.6) is 0 Å². The minimum Gasteiger partial charge on any atom is -0.349 e. The fourth-order valence-electron chi connectivity index (χ4n) is 2.48. The van der Waals surface area contributed by atoms with Crippen LogP contribution in [0.1, 0.15) is 35.3 Å². The fraction of sp³-hybridized carbons (Fsp3) is 0.667. The number of alkyl halides is 1. The molecule has 1 N–H and O–H groups in total. The first-order chi connectivity index (χ1) is 8.11. The van der Waals surface area contributed by atoms with Crippen LogP contribution in [0.4, 0.5) is 0 Å². The summed E-state index contributed by atoms with van der Waals surface area (Å²) >= 11 is 5.90. The van der Waals surface area contributed by atoms with Gasteiger partial charge in [0.2, 0.25) is 0 Å². The van der Waals surface area contributed by atoms with E-state index in [1.807, 2.05) is 14.0 Å². The molecular weight excluding hydrogens is 238 g/mol. The fourth-order valence-corrected chi connectivity index (χ4v) is 2.85. The molecule has 94 valence electrons. The van der Waals surface area contributed by atoms with Crippen molar-refractivity contribution in [1.29, 1.82) is 0 Å². The summed E-state index contributed by atoms with van der Waals surface area (Å²) < 4.78 is 1.66. The van der Waals surface area contributed by atoms with Crippen LogP contribution in [0.25, 0.3) is 0 Å². The van der Waals surface area contributed by atoms with E-state index in [4.69, 9.17) is 11.6 Å². The molecule has 2 unspecified atom stereocenters. The second-order valence-electron chi connectivity index (χ2n) is 4.73. The van der Waals surface area contributed by atoms with Crippen LogP contribution < -0.4 is 5.32 Å². The third-order valence-electron chi connectivity index (χ3n) is 3.43. The standard InChI is InChI=1S/C12H18ClN3O/c1-8-10(7-16(2)15-8)12(17)14-11-5-3-4-9(11)6-13/h7,9,11H,3-6H2,1-2H3,(H,14,17). The number of carbonyl (C=O) groups is 1. The summed E-state index contributed by atoms with van der Waals surface area (Å²) in [6, 6.07) is 0.222. The van der Waals surface area contributed by atoms with Gasteiger partial charge in [-0.3, -0.25) is 9.48 Å². The van der Waals surface area contributed by atoms with E-state index in [9.17, 15) is 4.79 Å². The lowest BCUT2D eigenvalue weighted by Crippen LogP contribution is -2.38. The minimum absolute atomic E-state index is 0.0300. The Morgan fingerprint density at radius 1 is 1.65 bits per heavy atom. The molecule has 0 radical (unpaired) electrons. The zero-order chi connectivity index (χ0) is 12.4. The van der Waals surface area contributed by atoms with Crippen LogP contribution in [0.15, 0.2) is 6.20 Å². The Morgan fingerprint density at radius 2 is 2.41 bits per heavy atom. The number of hydrogen-bond acceptors (Lipinski definition) is 2. The van der Waals surface area contributed by atoms with Gasteiger partial charge in [0.15, 0.2) is 0 Å². The molecule has 4 nitrogen and oxygen atoms in total. The minimum atomic E-state index is -0.0300. The second-order valence-corrected chi connectivity index (χ2v) is 5.04. The summed E-state index contributed by atoms with van der Waals surface area (Å²) in [6.07, 6.45) is 5.05. The highest BCUT2D eigenvalue weighted by atomic mass is 35.5. The van der Waals surface area contributed by atoms with Gasteiger partial charge < -0.3 is 5.32 Å². The number of halogens is 1. The number of amides is 1. The molecular formula is C12H18ClN3O. The van der Waals surface area contributed by atoms with Crippen molar-refractivity contribution in [2.24, 2.45) is 13.0 Å². The number of nitrogens with one attached hydrogen (secondary N) is 1. The van der Waals surface area contributed by atoms with E-state index in [1.54, 1.807) is 10.9 Å². The predicted molar refractivity (Wildman–Crippen MR) is 67.3 cm³/mol. The van der Waals surface area contributed by atoms with Crippen LogP contribution in [0.2, 0.25) is 0 Å². The molecule has 0 bridgehead atoms. The molecule has 1 aliphatic carbocycles.